The van der Waals surface area contributed by atoms with Crippen molar-refractivity contribution in [1.82, 2.24) is 25.8 Å². The molecule has 0 bridgehead atoms. The maximum atomic E-state index is 5.82. The summed E-state index contributed by atoms with van der Waals surface area (Å²) < 4.78 is 11.0. The van der Waals surface area contributed by atoms with Crippen LogP contribution in [0.3, 0.4) is 0 Å². The van der Waals surface area contributed by atoms with E-state index >= 15 is 0 Å². The highest BCUT2D eigenvalue weighted by molar-refractivity contribution is 14.0. The summed E-state index contributed by atoms with van der Waals surface area (Å²) in [5.74, 6) is 2.91. The lowest BCUT2D eigenvalue weighted by Crippen LogP contribution is -2.45. The van der Waals surface area contributed by atoms with Crippen LogP contribution in [0, 0.1) is 0 Å². The molecule has 0 aliphatic carbocycles. The summed E-state index contributed by atoms with van der Waals surface area (Å²) in [6.07, 6.45) is 2.17. The first-order chi connectivity index (χ1) is 13.1. The number of nitrogens with zero attached hydrogens (tertiary/aromatic N) is 3. The van der Waals surface area contributed by atoms with Gasteiger partial charge in [-0.1, -0.05) is 0 Å². The smallest absolute Gasteiger partial charge is 0.191 e. The molecule has 0 spiro atoms. The lowest BCUT2D eigenvalue weighted by molar-refractivity contribution is 0.0243. The highest BCUT2D eigenvalue weighted by Gasteiger charge is 2.29. The minimum Gasteiger partial charge on any atom is -0.497 e. The van der Waals surface area contributed by atoms with E-state index in [2.05, 4.69) is 37.7 Å². The number of aromatic amines is 1. The van der Waals surface area contributed by atoms with Crippen LogP contribution in [0.4, 0.5) is 0 Å². The van der Waals surface area contributed by atoms with E-state index in [0.29, 0.717) is 18.2 Å². The molecule has 9 heteroatoms. The third-order valence-electron chi connectivity index (χ3n) is 4.54. The van der Waals surface area contributed by atoms with Gasteiger partial charge in [-0.05, 0) is 51.0 Å². The third kappa shape index (κ3) is 6.06. The first-order valence-corrected chi connectivity index (χ1v) is 9.34. The van der Waals surface area contributed by atoms with Crippen LogP contribution in [0.2, 0.25) is 0 Å². The molecular weight excluding hydrogens is 471 g/mol. The second-order valence-corrected chi connectivity index (χ2v) is 6.78. The van der Waals surface area contributed by atoms with E-state index < -0.39 is 0 Å². The molecule has 2 heterocycles. The van der Waals surface area contributed by atoms with Gasteiger partial charge in [0.25, 0.3) is 0 Å². The number of hydrogen-bond donors (Lipinski definition) is 3. The maximum Gasteiger partial charge on any atom is 0.191 e. The molecule has 0 radical (unpaired) electrons. The highest BCUT2D eigenvalue weighted by Crippen LogP contribution is 2.23. The van der Waals surface area contributed by atoms with Crippen LogP contribution in [0.1, 0.15) is 32.5 Å². The molecule has 1 aromatic carbocycles. The first-order valence-electron chi connectivity index (χ1n) is 9.34. The summed E-state index contributed by atoms with van der Waals surface area (Å²) in [6.45, 7) is 6.94. The predicted molar refractivity (Wildman–Crippen MR) is 120 cm³/mol. The lowest BCUT2D eigenvalue weighted by Gasteiger charge is -2.24. The van der Waals surface area contributed by atoms with Gasteiger partial charge in [0.05, 0.1) is 12.7 Å². The average Bonchev–Trinajstić information content (AvgIpc) is 3.34. The fourth-order valence-corrected chi connectivity index (χ4v) is 2.98. The summed E-state index contributed by atoms with van der Waals surface area (Å²) in [7, 11) is 1.65. The molecule has 1 saturated heterocycles. The van der Waals surface area contributed by atoms with E-state index in [9.17, 15) is 0 Å². The molecule has 2 aromatic rings. The largest absolute Gasteiger partial charge is 0.497 e. The van der Waals surface area contributed by atoms with E-state index in [1.165, 1.54) is 0 Å². The van der Waals surface area contributed by atoms with Crippen molar-refractivity contribution in [3.63, 3.8) is 0 Å². The van der Waals surface area contributed by atoms with Crippen LogP contribution in [0.5, 0.6) is 5.75 Å². The van der Waals surface area contributed by atoms with Gasteiger partial charge in [-0.25, -0.2) is 9.98 Å². The summed E-state index contributed by atoms with van der Waals surface area (Å²) in [5.41, 5.74) is 0.808. The fraction of sp³-hybridized carbons (Fsp3) is 0.526. The molecule has 1 atom stereocenters. The van der Waals surface area contributed by atoms with Crippen LogP contribution in [0.15, 0.2) is 29.3 Å². The maximum absolute atomic E-state index is 5.82. The molecule has 3 N–H and O–H groups in total. The van der Waals surface area contributed by atoms with Crippen LogP contribution >= 0.6 is 24.0 Å². The molecule has 0 saturated carbocycles. The number of aromatic nitrogens is 3. The number of H-pyrrole nitrogens is 1. The Morgan fingerprint density at radius 2 is 2.11 bits per heavy atom. The Morgan fingerprint density at radius 3 is 2.75 bits per heavy atom. The van der Waals surface area contributed by atoms with Gasteiger partial charge in [-0.2, -0.15) is 5.10 Å². The van der Waals surface area contributed by atoms with E-state index in [1.807, 2.05) is 31.2 Å². The number of benzene rings is 1. The summed E-state index contributed by atoms with van der Waals surface area (Å²) >= 11 is 0. The fourth-order valence-electron chi connectivity index (χ4n) is 2.98. The van der Waals surface area contributed by atoms with Crippen molar-refractivity contribution in [2.24, 2.45) is 4.99 Å². The van der Waals surface area contributed by atoms with Crippen molar-refractivity contribution in [3.8, 4) is 17.1 Å². The molecule has 154 valence electrons. The van der Waals surface area contributed by atoms with Crippen LogP contribution in [0.25, 0.3) is 11.4 Å². The van der Waals surface area contributed by atoms with Crippen molar-refractivity contribution in [3.05, 3.63) is 30.1 Å². The van der Waals surface area contributed by atoms with Gasteiger partial charge >= 0.3 is 0 Å². The minimum absolute atomic E-state index is 0. The number of ether oxygens (including phenoxy) is 2. The van der Waals surface area contributed by atoms with Crippen LogP contribution < -0.4 is 15.4 Å². The molecule has 0 amide bonds. The molecule has 1 aromatic heterocycles. The Hall–Kier alpha value is -1.88. The SMILES string of the molecule is CCNC(=NCc1nc(-c2ccc(OC)cc2)n[nH]1)NCC1(C)CCCO1.I. The minimum atomic E-state index is -0.121. The molecule has 1 aliphatic rings. The Kier molecular flexibility index (Phi) is 8.49. The number of hydrogen-bond acceptors (Lipinski definition) is 5. The van der Waals surface area contributed by atoms with Gasteiger partial charge in [0.1, 0.15) is 18.1 Å². The van der Waals surface area contributed by atoms with Crippen LogP contribution in [-0.4, -0.2) is 53.5 Å². The van der Waals surface area contributed by atoms with Gasteiger partial charge < -0.3 is 20.1 Å². The molecule has 1 unspecified atom stereocenters. The van der Waals surface area contributed by atoms with Crippen molar-refractivity contribution in [1.29, 1.82) is 0 Å². The van der Waals surface area contributed by atoms with Gasteiger partial charge in [0, 0.05) is 25.3 Å². The van der Waals surface area contributed by atoms with Gasteiger partial charge in [0.15, 0.2) is 11.8 Å². The van der Waals surface area contributed by atoms with E-state index in [-0.39, 0.29) is 29.6 Å². The normalized spacial score (nSPS) is 19.2. The molecule has 8 nitrogen and oxygen atoms in total. The van der Waals surface area contributed by atoms with Crippen molar-refractivity contribution in [2.75, 3.05) is 26.8 Å². The number of aliphatic imine (C=N–C) groups is 1. The molecule has 3 rings (SSSR count). The Morgan fingerprint density at radius 1 is 1.32 bits per heavy atom. The van der Waals surface area contributed by atoms with Gasteiger partial charge in [-0.15, -0.1) is 24.0 Å². The molecule has 1 aliphatic heterocycles. The number of guanidine groups is 1. The number of methoxy groups -OCH3 is 1. The zero-order valence-electron chi connectivity index (χ0n) is 16.6. The van der Waals surface area contributed by atoms with E-state index in [4.69, 9.17) is 9.47 Å². The second kappa shape index (κ2) is 10.6. The molecule has 1 fully saturated rings. The van der Waals surface area contributed by atoms with Crippen molar-refractivity contribution < 1.29 is 9.47 Å². The molecular formula is C19H29IN6O2. The summed E-state index contributed by atoms with van der Waals surface area (Å²) in [4.78, 5) is 9.12. The molecule has 28 heavy (non-hydrogen) atoms. The quantitative estimate of drug-likeness (QED) is 0.308. The van der Waals surface area contributed by atoms with Gasteiger partial charge in [0.2, 0.25) is 0 Å². The average molecular weight is 500 g/mol. The first kappa shape index (κ1) is 22.4. The zero-order valence-corrected chi connectivity index (χ0v) is 18.9. The lowest BCUT2D eigenvalue weighted by atomic mass is 10.0. The summed E-state index contributed by atoms with van der Waals surface area (Å²) in [6, 6.07) is 7.65. The summed E-state index contributed by atoms with van der Waals surface area (Å²) in [5, 5.41) is 13.8. The number of nitrogens with one attached hydrogen (secondary N) is 3. The Labute approximate surface area is 182 Å². The Balaban J connectivity index is 0.00000280. The van der Waals surface area contributed by atoms with Crippen molar-refractivity contribution >= 4 is 29.9 Å². The van der Waals surface area contributed by atoms with Crippen LogP contribution in [-0.2, 0) is 11.3 Å². The third-order valence-corrected chi connectivity index (χ3v) is 4.54. The Bertz CT molecular complexity index is 756. The number of rotatable bonds is 7. The van der Waals surface area contributed by atoms with E-state index in [0.717, 1.165) is 49.8 Å². The topological polar surface area (TPSA) is 96.5 Å². The standard InChI is InChI=1S/C19H28N6O2.HI/c1-4-20-18(22-13-19(2)10-5-11-27-19)21-12-16-23-17(25-24-16)14-6-8-15(26-3)9-7-14;/h6-9H,4-5,10-13H2,1-3H3,(H2,20,21,22)(H,23,24,25);1H. The van der Waals surface area contributed by atoms with E-state index in [1.54, 1.807) is 7.11 Å². The van der Waals surface area contributed by atoms with Gasteiger partial charge in [-0.3, -0.25) is 5.10 Å². The monoisotopic (exact) mass is 500 g/mol. The van der Waals surface area contributed by atoms with Crippen molar-refractivity contribution in [2.45, 2.75) is 38.8 Å². The second-order valence-electron chi connectivity index (χ2n) is 6.78. The highest BCUT2D eigenvalue weighted by atomic mass is 127. The predicted octanol–water partition coefficient (Wildman–Crippen LogP) is 2.72. The number of halogens is 1. The zero-order chi connectivity index (χ0) is 19.1.